The summed E-state index contributed by atoms with van der Waals surface area (Å²) in [6.45, 7) is 6.40. The van der Waals surface area contributed by atoms with Crippen LogP contribution in [0.5, 0.6) is 0 Å². The Morgan fingerprint density at radius 2 is 2.00 bits per heavy atom. The fraction of sp³-hybridized carbons (Fsp3) is 0.500. The van der Waals surface area contributed by atoms with Crippen molar-refractivity contribution in [2.45, 2.75) is 33.2 Å². The lowest BCUT2D eigenvalue weighted by Crippen LogP contribution is -2.31. The molecule has 0 fully saturated rings. The lowest BCUT2D eigenvalue weighted by molar-refractivity contribution is 0.0697. The minimum absolute atomic E-state index is 0.178. The summed E-state index contributed by atoms with van der Waals surface area (Å²) in [4.78, 5) is 13.3. The second-order valence-corrected chi connectivity index (χ2v) is 5.44. The number of carbonyl (C=O) groups is 1. The molecule has 0 bridgehead atoms. The van der Waals surface area contributed by atoms with Gasteiger partial charge in [0.15, 0.2) is 0 Å². The van der Waals surface area contributed by atoms with Gasteiger partial charge >= 0.3 is 5.97 Å². The summed E-state index contributed by atoms with van der Waals surface area (Å²) in [6, 6.07) is 5.45. The molecule has 0 saturated carbocycles. The smallest absolute Gasteiger partial charge is 0.339 e. The Morgan fingerprint density at radius 3 is 2.50 bits per heavy atom. The van der Waals surface area contributed by atoms with Gasteiger partial charge in [-0.05, 0) is 31.4 Å². The highest BCUT2D eigenvalue weighted by Crippen LogP contribution is 2.29. The molecule has 1 aromatic rings. The van der Waals surface area contributed by atoms with E-state index in [1.165, 1.54) is 0 Å². The minimum Gasteiger partial charge on any atom is -0.478 e. The van der Waals surface area contributed by atoms with E-state index in [-0.39, 0.29) is 16.6 Å². The SMILES string of the molecule is CC(C)CC(C)N(C)c1cccc(Cl)c1C(=O)O. The van der Waals surface area contributed by atoms with E-state index in [1.54, 1.807) is 18.2 Å². The van der Waals surface area contributed by atoms with Crippen molar-refractivity contribution < 1.29 is 9.90 Å². The number of carboxylic acid groups (broad SMARTS) is 1. The van der Waals surface area contributed by atoms with Gasteiger partial charge in [0, 0.05) is 13.1 Å². The molecule has 1 rings (SSSR count). The van der Waals surface area contributed by atoms with E-state index < -0.39 is 5.97 Å². The van der Waals surface area contributed by atoms with Gasteiger partial charge in [0.1, 0.15) is 5.56 Å². The normalized spacial score (nSPS) is 12.6. The van der Waals surface area contributed by atoms with Gasteiger partial charge in [-0.3, -0.25) is 0 Å². The molecule has 100 valence electrons. The Kier molecular flexibility index (Phi) is 5.03. The third-order valence-corrected chi connectivity index (χ3v) is 3.37. The molecule has 1 aromatic carbocycles. The highest BCUT2D eigenvalue weighted by molar-refractivity contribution is 6.34. The molecule has 0 spiro atoms. The summed E-state index contributed by atoms with van der Waals surface area (Å²) in [5, 5.41) is 9.53. The lowest BCUT2D eigenvalue weighted by Gasteiger charge is -2.29. The van der Waals surface area contributed by atoms with Gasteiger partial charge in [0.25, 0.3) is 0 Å². The van der Waals surface area contributed by atoms with Crippen LogP contribution in [0, 0.1) is 5.92 Å². The van der Waals surface area contributed by atoms with Crippen LogP contribution in [-0.4, -0.2) is 24.2 Å². The molecule has 0 radical (unpaired) electrons. The Bertz CT molecular complexity index is 432. The van der Waals surface area contributed by atoms with E-state index in [2.05, 4.69) is 20.8 Å². The number of rotatable bonds is 5. The highest BCUT2D eigenvalue weighted by atomic mass is 35.5. The Balaban J connectivity index is 3.09. The van der Waals surface area contributed by atoms with Crippen LogP contribution < -0.4 is 4.90 Å². The molecule has 0 aliphatic carbocycles. The van der Waals surface area contributed by atoms with Crippen molar-refractivity contribution in [3.63, 3.8) is 0 Å². The van der Waals surface area contributed by atoms with Crippen molar-refractivity contribution in [1.82, 2.24) is 0 Å². The van der Waals surface area contributed by atoms with Gasteiger partial charge in [-0.1, -0.05) is 31.5 Å². The van der Waals surface area contributed by atoms with Crippen molar-refractivity contribution >= 4 is 23.3 Å². The fourth-order valence-electron chi connectivity index (χ4n) is 2.10. The molecule has 18 heavy (non-hydrogen) atoms. The maximum atomic E-state index is 11.3. The van der Waals surface area contributed by atoms with Crippen LogP contribution in [0.3, 0.4) is 0 Å². The molecule has 0 aromatic heterocycles. The molecule has 3 nitrogen and oxygen atoms in total. The van der Waals surface area contributed by atoms with Crippen molar-refractivity contribution in [2.75, 3.05) is 11.9 Å². The first kappa shape index (κ1) is 14.8. The van der Waals surface area contributed by atoms with Gasteiger partial charge in [0.05, 0.1) is 10.7 Å². The van der Waals surface area contributed by atoms with Crippen molar-refractivity contribution in [1.29, 1.82) is 0 Å². The average molecular weight is 270 g/mol. The Morgan fingerprint density at radius 1 is 1.39 bits per heavy atom. The molecule has 1 unspecified atom stereocenters. The van der Waals surface area contributed by atoms with Gasteiger partial charge in [0.2, 0.25) is 0 Å². The quantitative estimate of drug-likeness (QED) is 0.881. The van der Waals surface area contributed by atoms with E-state index in [4.69, 9.17) is 11.6 Å². The Labute approximate surface area is 113 Å². The van der Waals surface area contributed by atoms with Gasteiger partial charge in [-0.25, -0.2) is 4.79 Å². The summed E-state index contributed by atoms with van der Waals surface area (Å²) in [5.74, 6) is -0.422. The number of hydrogen-bond donors (Lipinski definition) is 1. The molecule has 0 aliphatic heterocycles. The molecule has 0 aliphatic rings. The van der Waals surface area contributed by atoms with Gasteiger partial charge in [-0.2, -0.15) is 0 Å². The van der Waals surface area contributed by atoms with E-state index >= 15 is 0 Å². The predicted octanol–water partition coefficient (Wildman–Crippen LogP) is 3.91. The summed E-state index contributed by atoms with van der Waals surface area (Å²) in [7, 11) is 1.91. The first-order chi connectivity index (χ1) is 8.34. The first-order valence-corrected chi connectivity index (χ1v) is 6.47. The topological polar surface area (TPSA) is 40.5 Å². The second kappa shape index (κ2) is 6.10. The number of nitrogens with zero attached hydrogens (tertiary/aromatic N) is 1. The zero-order valence-corrected chi connectivity index (χ0v) is 12.0. The van der Waals surface area contributed by atoms with Crippen molar-refractivity contribution in [2.24, 2.45) is 5.92 Å². The predicted molar refractivity (Wildman–Crippen MR) is 75.7 cm³/mol. The molecular weight excluding hydrogens is 250 g/mol. The molecule has 0 saturated heterocycles. The zero-order valence-electron chi connectivity index (χ0n) is 11.3. The summed E-state index contributed by atoms with van der Waals surface area (Å²) in [5.41, 5.74) is 0.848. The average Bonchev–Trinajstić information content (AvgIpc) is 2.26. The zero-order chi connectivity index (χ0) is 13.9. The summed E-state index contributed by atoms with van der Waals surface area (Å²) >= 11 is 5.97. The number of carboxylic acids is 1. The maximum Gasteiger partial charge on any atom is 0.339 e. The molecule has 0 amide bonds. The molecule has 1 N–H and O–H groups in total. The number of hydrogen-bond acceptors (Lipinski definition) is 2. The maximum absolute atomic E-state index is 11.3. The second-order valence-electron chi connectivity index (χ2n) is 5.03. The number of halogens is 1. The highest BCUT2D eigenvalue weighted by Gasteiger charge is 2.20. The van der Waals surface area contributed by atoms with E-state index in [9.17, 15) is 9.90 Å². The lowest BCUT2D eigenvalue weighted by atomic mass is 10.0. The van der Waals surface area contributed by atoms with Crippen LogP contribution in [0.15, 0.2) is 18.2 Å². The van der Waals surface area contributed by atoms with Crippen LogP contribution in [0.4, 0.5) is 5.69 Å². The molecule has 4 heteroatoms. The van der Waals surface area contributed by atoms with E-state index in [1.807, 2.05) is 11.9 Å². The first-order valence-electron chi connectivity index (χ1n) is 6.09. The van der Waals surface area contributed by atoms with E-state index in [0.29, 0.717) is 11.6 Å². The largest absolute Gasteiger partial charge is 0.478 e. The Hall–Kier alpha value is -1.22. The van der Waals surface area contributed by atoms with Crippen LogP contribution in [0.2, 0.25) is 5.02 Å². The number of benzene rings is 1. The molecule has 1 atom stereocenters. The third kappa shape index (κ3) is 3.39. The number of aromatic carboxylic acids is 1. The van der Waals surface area contributed by atoms with E-state index in [0.717, 1.165) is 6.42 Å². The van der Waals surface area contributed by atoms with Crippen LogP contribution in [0.25, 0.3) is 0 Å². The third-order valence-electron chi connectivity index (χ3n) is 3.06. The minimum atomic E-state index is -0.987. The molecular formula is C14H20ClNO2. The number of anilines is 1. The standard InChI is InChI=1S/C14H20ClNO2/c1-9(2)8-10(3)16(4)12-7-5-6-11(15)13(12)14(17)18/h5-7,9-10H,8H2,1-4H3,(H,17,18). The monoisotopic (exact) mass is 269 g/mol. The molecule has 0 heterocycles. The van der Waals surface area contributed by atoms with Gasteiger partial charge in [-0.15, -0.1) is 0 Å². The van der Waals surface area contributed by atoms with Crippen LogP contribution >= 0.6 is 11.6 Å². The van der Waals surface area contributed by atoms with Crippen LogP contribution in [-0.2, 0) is 0 Å². The van der Waals surface area contributed by atoms with Crippen molar-refractivity contribution in [3.8, 4) is 0 Å². The fourth-order valence-corrected chi connectivity index (χ4v) is 2.35. The summed E-state index contributed by atoms with van der Waals surface area (Å²) in [6.07, 6.45) is 1.00. The van der Waals surface area contributed by atoms with Crippen LogP contribution in [0.1, 0.15) is 37.6 Å². The van der Waals surface area contributed by atoms with Gasteiger partial charge < -0.3 is 10.0 Å². The van der Waals surface area contributed by atoms with Crippen molar-refractivity contribution in [3.05, 3.63) is 28.8 Å². The summed E-state index contributed by atoms with van der Waals surface area (Å²) < 4.78 is 0.